The number of pyridine rings is 1. The highest BCUT2D eigenvalue weighted by Crippen LogP contribution is 2.28. The number of benzene rings is 1. The molecule has 2 aromatic rings. The molecule has 0 saturated heterocycles. The van der Waals surface area contributed by atoms with Gasteiger partial charge in [-0.05, 0) is 23.6 Å². The van der Waals surface area contributed by atoms with Crippen molar-refractivity contribution in [3.8, 4) is 5.75 Å². The quantitative estimate of drug-likeness (QED) is 0.626. The monoisotopic (exact) mass is 307 g/mol. The lowest BCUT2D eigenvalue weighted by atomic mass is 10.2. The number of alkyl halides is 3. The van der Waals surface area contributed by atoms with E-state index in [1.807, 2.05) is 0 Å². The zero-order chi connectivity index (χ0) is 15.1. The summed E-state index contributed by atoms with van der Waals surface area (Å²) in [6.07, 6.45) is 0. The number of fused-ring (bicyclic) bond motifs is 1. The Kier molecular flexibility index (Phi) is 3.24. The zero-order valence-corrected chi connectivity index (χ0v) is 10.8. The van der Waals surface area contributed by atoms with E-state index in [4.69, 9.17) is 0 Å². The molecule has 0 saturated carbocycles. The molecule has 0 unspecified atom stereocenters. The van der Waals surface area contributed by atoms with E-state index in [2.05, 4.69) is 4.18 Å². The van der Waals surface area contributed by atoms with E-state index in [1.165, 1.54) is 29.8 Å². The van der Waals surface area contributed by atoms with Crippen LogP contribution < -0.4 is 9.74 Å². The van der Waals surface area contributed by atoms with Crippen LogP contribution in [0.3, 0.4) is 0 Å². The van der Waals surface area contributed by atoms with Gasteiger partial charge in [-0.3, -0.25) is 4.79 Å². The van der Waals surface area contributed by atoms with Gasteiger partial charge in [-0.25, -0.2) is 0 Å². The summed E-state index contributed by atoms with van der Waals surface area (Å²) in [6, 6.07) is 6.25. The normalized spacial score (nSPS) is 12.6. The lowest BCUT2D eigenvalue weighted by molar-refractivity contribution is -0.0500. The second-order valence-corrected chi connectivity index (χ2v) is 5.47. The summed E-state index contributed by atoms with van der Waals surface area (Å²) in [7, 11) is -4.32. The maximum atomic E-state index is 12.2. The second kappa shape index (κ2) is 4.51. The molecule has 0 amide bonds. The van der Waals surface area contributed by atoms with Crippen LogP contribution in [0, 0.1) is 0 Å². The number of rotatable bonds is 2. The summed E-state index contributed by atoms with van der Waals surface area (Å²) in [5.74, 6) is -0.518. The first kappa shape index (κ1) is 14.4. The van der Waals surface area contributed by atoms with Crippen molar-refractivity contribution < 1.29 is 25.8 Å². The molecule has 1 heterocycles. The van der Waals surface area contributed by atoms with Crippen molar-refractivity contribution in [3.05, 3.63) is 40.7 Å². The number of halogens is 3. The minimum atomic E-state index is -5.73. The molecule has 9 heteroatoms. The molecule has 0 fully saturated rings. The molecule has 1 aromatic carbocycles. The van der Waals surface area contributed by atoms with E-state index in [9.17, 15) is 26.4 Å². The van der Waals surface area contributed by atoms with Gasteiger partial charge in [0, 0.05) is 19.2 Å². The van der Waals surface area contributed by atoms with E-state index in [0.717, 1.165) is 12.1 Å². The van der Waals surface area contributed by atoms with Crippen LogP contribution in [0.15, 0.2) is 35.1 Å². The van der Waals surface area contributed by atoms with E-state index < -0.39 is 21.4 Å². The van der Waals surface area contributed by atoms with Gasteiger partial charge in [-0.1, -0.05) is 0 Å². The fourth-order valence-electron chi connectivity index (χ4n) is 1.57. The van der Waals surface area contributed by atoms with Gasteiger partial charge in [-0.15, -0.1) is 0 Å². The van der Waals surface area contributed by atoms with Gasteiger partial charge < -0.3 is 8.75 Å². The fraction of sp³-hybridized carbons (Fsp3) is 0.182. The van der Waals surface area contributed by atoms with Gasteiger partial charge in [-0.2, -0.15) is 21.6 Å². The largest absolute Gasteiger partial charge is 0.534 e. The van der Waals surface area contributed by atoms with Crippen LogP contribution in [-0.4, -0.2) is 18.5 Å². The summed E-state index contributed by atoms with van der Waals surface area (Å²) in [6.45, 7) is 0. The van der Waals surface area contributed by atoms with Gasteiger partial charge in [0.15, 0.2) is 0 Å². The minimum absolute atomic E-state index is 0.257. The maximum Gasteiger partial charge on any atom is 0.534 e. The molecular formula is C11H8F3NO4S. The Bertz CT molecular complexity index is 824. The number of nitrogens with zero attached hydrogens (tertiary/aromatic N) is 1. The van der Waals surface area contributed by atoms with Gasteiger partial charge in [0.1, 0.15) is 5.75 Å². The van der Waals surface area contributed by atoms with Crippen molar-refractivity contribution in [2.24, 2.45) is 7.05 Å². The lowest BCUT2D eigenvalue weighted by Gasteiger charge is -2.11. The van der Waals surface area contributed by atoms with Gasteiger partial charge in [0.25, 0.3) is 5.56 Å². The maximum absolute atomic E-state index is 12.2. The first-order chi connectivity index (χ1) is 9.12. The molecule has 0 N–H and O–H groups in total. The summed E-state index contributed by atoms with van der Waals surface area (Å²) < 4.78 is 63.6. The average Bonchev–Trinajstić information content (AvgIpc) is 2.32. The number of aryl methyl sites for hydroxylation is 1. The lowest BCUT2D eigenvalue weighted by Crippen LogP contribution is -2.28. The smallest absolute Gasteiger partial charge is 0.376 e. The third-order valence-corrected chi connectivity index (χ3v) is 3.57. The van der Waals surface area contributed by atoms with Crippen molar-refractivity contribution in [2.75, 3.05) is 0 Å². The van der Waals surface area contributed by atoms with E-state index in [-0.39, 0.29) is 11.1 Å². The summed E-state index contributed by atoms with van der Waals surface area (Å²) in [4.78, 5) is 11.4. The van der Waals surface area contributed by atoms with Crippen molar-refractivity contribution in [3.63, 3.8) is 0 Å². The highest BCUT2D eigenvalue weighted by atomic mass is 32.2. The highest BCUT2D eigenvalue weighted by molar-refractivity contribution is 7.88. The second-order valence-electron chi connectivity index (χ2n) is 3.93. The predicted octanol–water partition coefficient (Wildman–Crippen LogP) is 1.77. The first-order valence-corrected chi connectivity index (χ1v) is 6.63. The molecule has 20 heavy (non-hydrogen) atoms. The molecule has 0 atom stereocenters. The molecule has 2 rings (SSSR count). The summed E-state index contributed by atoms with van der Waals surface area (Å²) in [5.41, 5.74) is -5.63. The average molecular weight is 307 g/mol. The highest BCUT2D eigenvalue weighted by Gasteiger charge is 2.48. The minimum Gasteiger partial charge on any atom is -0.376 e. The van der Waals surface area contributed by atoms with Crippen molar-refractivity contribution in [2.45, 2.75) is 5.51 Å². The van der Waals surface area contributed by atoms with Crippen LogP contribution in [0.25, 0.3) is 10.9 Å². The fourth-order valence-corrected chi connectivity index (χ4v) is 2.02. The van der Waals surface area contributed by atoms with Crippen molar-refractivity contribution >= 4 is 21.0 Å². The molecule has 0 aliphatic heterocycles. The molecule has 0 spiro atoms. The third kappa shape index (κ3) is 2.48. The SMILES string of the molecule is Cn1c(=O)ccc2ccc(OS(=O)(=O)C(F)(F)F)cc21. The van der Waals surface area contributed by atoms with Gasteiger partial charge >= 0.3 is 15.6 Å². The molecule has 0 radical (unpaired) electrons. The number of hydrogen-bond acceptors (Lipinski definition) is 4. The van der Waals surface area contributed by atoms with Crippen LogP contribution >= 0.6 is 0 Å². The number of aromatic nitrogens is 1. The van der Waals surface area contributed by atoms with Gasteiger partial charge in [0.05, 0.1) is 5.52 Å². The van der Waals surface area contributed by atoms with Crippen LogP contribution in [-0.2, 0) is 17.2 Å². The topological polar surface area (TPSA) is 65.4 Å². The zero-order valence-electron chi connectivity index (χ0n) is 10.0. The van der Waals surface area contributed by atoms with E-state index in [1.54, 1.807) is 0 Å². The summed E-state index contributed by atoms with van der Waals surface area (Å²) >= 11 is 0. The Morgan fingerprint density at radius 1 is 1.15 bits per heavy atom. The van der Waals surface area contributed by atoms with E-state index >= 15 is 0 Å². The molecule has 0 aliphatic rings. The first-order valence-electron chi connectivity index (χ1n) is 5.22. The Balaban J connectivity index is 2.53. The summed E-state index contributed by atoms with van der Waals surface area (Å²) in [5, 5.41) is 0.559. The van der Waals surface area contributed by atoms with Crippen LogP contribution in [0.1, 0.15) is 0 Å². The third-order valence-electron chi connectivity index (χ3n) is 2.59. The van der Waals surface area contributed by atoms with Crippen LogP contribution in [0.5, 0.6) is 5.75 Å². The van der Waals surface area contributed by atoms with Gasteiger partial charge in [0.2, 0.25) is 0 Å². The standard InChI is InChI=1S/C11H8F3NO4S/c1-15-9-6-8(19-20(17,18)11(12,13)14)4-2-7(9)3-5-10(15)16/h2-6H,1H3. The van der Waals surface area contributed by atoms with Crippen molar-refractivity contribution in [1.29, 1.82) is 0 Å². The van der Waals surface area contributed by atoms with Crippen molar-refractivity contribution in [1.82, 2.24) is 4.57 Å². The Hall–Kier alpha value is -2.03. The van der Waals surface area contributed by atoms with E-state index in [0.29, 0.717) is 5.39 Å². The Morgan fingerprint density at radius 3 is 2.35 bits per heavy atom. The molecular weight excluding hydrogens is 299 g/mol. The molecule has 108 valence electrons. The molecule has 5 nitrogen and oxygen atoms in total. The predicted molar refractivity (Wildman–Crippen MR) is 64.8 cm³/mol. The molecule has 0 bridgehead atoms. The Labute approximate surface area is 111 Å². The van der Waals surface area contributed by atoms with Crippen LogP contribution in [0.2, 0.25) is 0 Å². The molecule has 0 aliphatic carbocycles. The Morgan fingerprint density at radius 2 is 1.75 bits per heavy atom. The number of hydrogen-bond donors (Lipinski definition) is 0. The molecule has 1 aromatic heterocycles. The van der Waals surface area contributed by atoms with Crippen LogP contribution in [0.4, 0.5) is 13.2 Å².